The number of hydrogen-bond acceptors (Lipinski definition) is 4. The first-order valence-electron chi connectivity index (χ1n) is 10.2. The maximum absolute atomic E-state index is 15.6. The van der Waals surface area contributed by atoms with E-state index in [2.05, 4.69) is 9.47 Å². The summed E-state index contributed by atoms with van der Waals surface area (Å²) in [6.07, 6.45) is -14.7. The van der Waals surface area contributed by atoms with E-state index in [-0.39, 0.29) is 25.7 Å². The minimum absolute atomic E-state index is 0.103. The van der Waals surface area contributed by atoms with E-state index in [0.717, 1.165) is 6.92 Å². The van der Waals surface area contributed by atoms with Gasteiger partial charge in [0.25, 0.3) is 0 Å². The van der Waals surface area contributed by atoms with Crippen LogP contribution in [0.25, 0.3) is 0 Å². The van der Waals surface area contributed by atoms with Gasteiger partial charge in [0.05, 0.1) is 5.92 Å². The molecule has 194 valence electrons. The Hall–Kier alpha value is -1.31. The average Bonchev–Trinajstić information content (AvgIpc) is 2.69. The Morgan fingerprint density at radius 3 is 1.88 bits per heavy atom. The third-order valence-corrected chi connectivity index (χ3v) is 6.69. The number of carbonyl (C=O) groups excluding carboxylic acids is 1. The van der Waals surface area contributed by atoms with E-state index in [1.807, 2.05) is 0 Å². The molecule has 1 aliphatic heterocycles. The molecule has 14 heteroatoms. The standard InChI is InChI=1S/C19H24F10O4/c1-4-10(2)12(30)32-17(19(27,28)29)16(22,23)14(31,11-8-6-5-7-9-11)15(20,21)13(3,33-17)18(24,25)26/h10-11,31H,4-9H2,1-3H3. The van der Waals surface area contributed by atoms with Crippen molar-refractivity contribution in [2.45, 2.75) is 100 Å². The zero-order valence-corrected chi connectivity index (χ0v) is 17.8. The number of hydrogen-bond donors (Lipinski definition) is 1. The van der Waals surface area contributed by atoms with Crippen molar-refractivity contribution >= 4 is 5.97 Å². The molecule has 1 saturated heterocycles. The fourth-order valence-electron chi connectivity index (χ4n) is 4.28. The van der Waals surface area contributed by atoms with Gasteiger partial charge in [0, 0.05) is 5.92 Å². The number of alkyl halides is 10. The molecule has 2 rings (SSSR count). The average molecular weight is 506 g/mol. The Morgan fingerprint density at radius 1 is 1.00 bits per heavy atom. The second kappa shape index (κ2) is 8.13. The molecule has 1 heterocycles. The topological polar surface area (TPSA) is 55.8 Å². The van der Waals surface area contributed by atoms with Crippen molar-refractivity contribution in [1.82, 2.24) is 0 Å². The van der Waals surface area contributed by atoms with Gasteiger partial charge in [-0.1, -0.05) is 33.1 Å². The van der Waals surface area contributed by atoms with Crippen LogP contribution in [0.1, 0.15) is 59.3 Å². The molecule has 33 heavy (non-hydrogen) atoms. The van der Waals surface area contributed by atoms with Crippen LogP contribution in [-0.2, 0) is 14.3 Å². The fraction of sp³-hybridized carbons (Fsp3) is 0.947. The van der Waals surface area contributed by atoms with Crippen LogP contribution in [0.3, 0.4) is 0 Å². The molecule has 4 atom stereocenters. The molecule has 1 aliphatic carbocycles. The summed E-state index contributed by atoms with van der Waals surface area (Å²) < 4.78 is 153. The van der Waals surface area contributed by atoms with Crippen LogP contribution in [0.15, 0.2) is 0 Å². The van der Waals surface area contributed by atoms with Crippen LogP contribution in [-0.4, -0.2) is 52.3 Å². The number of esters is 1. The van der Waals surface area contributed by atoms with Gasteiger partial charge in [-0.2, -0.15) is 43.9 Å². The Labute approximate surface area is 182 Å². The smallest absolute Gasteiger partial charge is 0.418 e. The number of aliphatic hydroxyl groups is 1. The third kappa shape index (κ3) is 3.61. The van der Waals surface area contributed by atoms with Gasteiger partial charge in [-0.3, -0.25) is 4.79 Å². The second-order valence-electron chi connectivity index (χ2n) is 8.73. The predicted octanol–water partition coefficient (Wildman–Crippen LogP) is 5.77. The van der Waals surface area contributed by atoms with Crippen LogP contribution in [0.2, 0.25) is 0 Å². The van der Waals surface area contributed by atoms with Gasteiger partial charge < -0.3 is 14.6 Å². The van der Waals surface area contributed by atoms with Crippen molar-refractivity contribution in [1.29, 1.82) is 0 Å². The van der Waals surface area contributed by atoms with Gasteiger partial charge >= 0.3 is 36.0 Å². The predicted molar refractivity (Wildman–Crippen MR) is 91.3 cm³/mol. The maximum Gasteiger partial charge on any atom is 0.462 e. The molecule has 0 radical (unpaired) electrons. The molecule has 2 aliphatic rings. The first-order chi connectivity index (χ1) is 14.7. The van der Waals surface area contributed by atoms with Gasteiger partial charge in [-0.05, 0) is 26.2 Å². The number of halogens is 10. The molecule has 2 fully saturated rings. The molecule has 4 nitrogen and oxygen atoms in total. The highest BCUT2D eigenvalue weighted by Gasteiger charge is 2.96. The number of rotatable bonds is 4. The minimum Gasteiger partial charge on any atom is -0.418 e. The lowest BCUT2D eigenvalue weighted by Gasteiger charge is -2.61. The molecule has 0 aromatic rings. The summed E-state index contributed by atoms with van der Waals surface area (Å²) in [5.74, 6) is -24.0. The first kappa shape index (κ1) is 27.9. The maximum atomic E-state index is 15.6. The van der Waals surface area contributed by atoms with Gasteiger partial charge in [0.2, 0.25) is 11.2 Å². The SMILES string of the molecule is CCC(C)C(=O)OC1(C(F)(F)F)OC(C)(C(F)(F)F)C(F)(F)C(O)(C2CCCCC2)C1(F)F. The summed E-state index contributed by atoms with van der Waals surface area (Å²) in [7, 11) is 0. The van der Waals surface area contributed by atoms with Crippen LogP contribution < -0.4 is 0 Å². The minimum atomic E-state index is -6.65. The summed E-state index contributed by atoms with van der Waals surface area (Å²) in [6, 6.07) is 0. The molecular weight excluding hydrogens is 482 g/mol. The molecular formula is C19H24F10O4. The summed E-state index contributed by atoms with van der Waals surface area (Å²) in [4.78, 5) is 12.1. The number of carbonyl (C=O) groups is 1. The van der Waals surface area contributed by atoms with Crippen LogP contribution in [0.5, 0.6) is 0 Å². The second-order valence-corrected chi connectivity index (χ2v) is 8.73. The molecule has 0 aromatic carbocycles. The zero-order chi connectivity index (χ0) is 25.9. The van der Waals surface area contributed by atoms with E-state index in [1.165, 1.54) is 6.92 Å². The highest BCUT2D eigenvalue weighted by Crippen LogP contribution is 2.68. The summed E-state index contributed by atoms with van der Waals surface area (Å²) in [5, 5.41) is 10.7. The fourth-order valence-corrected chi connectivity index (χ4v) is 4.28. The lowest BCUT2D eigenvalue weighted by Crippen LogP contribution is -2.88. The van der Waals surface area contributed by atoms with E-state index < -0.39 is 78.8 Å². The van der Waals surface area contributed by atoms with Crippen LogP contribution in [0, 0.1) is 11.8 Å². The zero-order valence-electron chi connectivity index (χ0n) is 17.8. The Morgan fingerprint density at radius 2 is 1.48 bits per heavy atom. The van der Waals surface area contributed by atoms with E-state index >= 15 is 17.6 Å². The van der Waals surface area contributed by atoms with Gasteiger partial charge in [0.1, 0.15) is 0 Å². The van der Waals surface area contributed by atoms with E-state index in [0.29, 0.717) is 0 Å². The van der Waals surface area contributed by atoms with Crippen molar-refractivity contribution in [3.63, 3.8) is 0 Å². The molecule has 1 saturated carbocycles. The van der Waals surface area contributed by atoms with Crippen LogP contribution >= 0.6 is 0 Å². The quantitative estimate of drug-likeness (QED) is 0.389. The molecule has 0 bridgehead atoms. The molecule has 0 aromatic heterocycles. The lowest BCUT2D eigenvalue weighted by molar-refractivity contribution is -0.559. The van der Waals surface area contributed by atoms with Crippen molar-refractivity contribution in [3.8, 4) is 0 Å². The molecule has 0 amide bonds. The Balaban J connectivity index is 2.94. The Bertz CT molecular complexity index is 746. The van der Waals surface area contributed by atoms with E-state index in [9.17, 15) is 36.2 Å². The largest absolute Gasteiger partial charge is 0.462 e. The summed E-state index contributed by atoms with van der Waals surface area (Å²) in [6.45, 7) is 1.59. The van der Waals surface area contributed by atoms with Crippen LogP contribution in [0.4, 0.5) is 43.9 Å². The van der Waals surface area contributed by atoms with E-state index in [1.54, 1.807) is 0 Å². The summed E-state index contributed by atoms with van der Waals surface area (Å²) >= 11 is 0. The first-order valence-corrected chi connectivity index (χ1v) is 10.2. The summed E-state index contributed by atoms with van der Waals surface area (Å²) in [5.41, 5.74) is -10.5. The van der Waals surface area contributed by atoms with Crippen molar-refractivity contribution in [2.24, 2.45) is 11.8 Å². The van der Waals surface area contributed by atoms with Gasteiger partial charge in [-0.25, -0.2) is 0 Å². The van der Waals surface area contributed by atoms with Gasteiger partial charge in [-0.15, -0.1) is 0 Å². The van der Waals surface area contributed by atoms with Crippen molar-refractivity contribution < 1.29 is 63.3 Å². The normalized spacial score (nSPS) is 36.3. The third-order valence-electron chi connectivity index (χ3n) is 6.69. The van der Waals surface area contributed by atoms with Crippen molar-refractivity contribution in [3.05, 3.63) is 0 Å². The monoisotopic (exact) mass is 506 g/mol. The molecule has 0 spiro atoms. The lowest BCUT2D eigenvalue weighted by atomic mass is 9.62. The highest BCUT2D eigenvalue weighted by molar-refractivity contribution is 5.72. The van der Waals surface area contributed by atoms with E-state index in [4.69, 9.17) is 0 Å². The highest BCUT2D eigenvalue weighted by atomic mass is 19.4. The number of ether oxygens (including phenoxy) is 2. The van der Waals surface area contributed by atoms with Crippen molar-refractivity contribution in [2.75, 3.05) is 0 Å². The Kier molecular flexibility index (Phi) is 6.88. The van der Waals surface area contributed by atoms with Gasteiger partial charge in [0.15, 0.2) is 0 Å². The molecule has 4 unspecified atom stereocenters. The molecule has 1 N–H and O–H groups in total.